The van der Waals surface area contributed by atoms with Crippen molar-refractivity contribution in [1.82, 2.24) is 14.9 Å². The van der Waals surface area contributed by atoms with Gasteiger partial charge >= 0.3 is 0 Å². The van der Waals surface area contributed by atoms with Crippen LogP contribution in [0.5, 0.6) is 0 Å². The lowest BCUT2D eigenvalue weighted by molar-refractivity contribution is 0.225. The third kappa shape index (κ3) is 2.13. The van der Waals surface area contributed by atoms with Crippen LogP contribution in [0.15, 0.2) is 12.5 Å². The molecular formula is C14H23N3. The lowest BCUT2D eigenvalue weighted by atomic mass is 9.75. The zero-order valence-electron chi connectivity index (χ0n) is 10.7. The Hall–Kier alpha value is -0.830. The van der Waals surface area contributed by atoms with E-state index in [1.54, 1.807) is 0 Å². The summed E-state index contributed by atoms with van der Waals surface area (Å²) in [5, 5.41) is 3.59. The highest BCUT2D eigenvalue weighted by Crippen LogP contribution is 2.41. The molecule has 2 aliphatic rings. The topological polar surface area (TPSA) is 29.9 Å². The molecule has 2 unspecified atom stereocenters. The van der Waals surface area contributed by atoms with E-state index in [1.165, 1.54) is 50.9 Å². The van der Waals surface area contributed by atoms with E-state index in [0.29, 0.717) is 0 Å². The van der Waals surface area contributed by atoms with Gasteiger partial charge in [-0.3, -0.25) is 0 Å². The zero-order valence-corrected chi connectivity index (χ0v) is 10.7. The third-order valence-electron chi connectivity index (χ3n) is 4.77. The standard InChI is InChI=1S/C14H23N3/c1-17-10-16-9-14(17)12-6-7-15-8-13(12)11-4-2-3-5-11/h9-13,15H,2-8H2,1H3. The van der Waals surface area contributed by atoms with E-state index in [0.717, 1.165) is 17.8 Å². The average Bonchev–Trinajstić information content (AvgIpc) is 3.00. The predicted molar refractivity (Wildman–Crippen MR) is 68.9 cm³/mol. The minimum atomic E-state index is 0.729. The molecule has 2 fully saturated rings. The molecule has 0 aromatic carbocycles. The first-order valence-corrected chi connectivity index (χ1v) is 7.03. The maximum absolute atomic E-state index is 4.30. The van der Waals surface area contributed by atoms with Gasteiger partial charge in [0.25, 0.3) is 0 Å². The van der Waals surface area contributed by atoms with Gasteiger partial charge in [-0.1, -0.05) is 25.7 Å². The van der Waals surface area contributed by atoms with Crippen molar-refractivity contribution in [1.29, 1.82) is 0 Å². The summed E-state index contributed by atoms with van der Waals surface area (Å²) >= 11 is 0. The van der Waals surface area contributed by atoms with Crippen LogP contribution in [0, 0.1) is 11.8 Å². The first-order valence-electron chi connectivity index (χ1n) is 7.03. The van der Waals surface area contributed by atoms with Gasteiger partial charge in [-0.2, -0.15) is 0 Å². The fourth-order valence-corrected chi connectivity index (χ4v) is 3.86. The molecule has 1 saturated carbocycles. The van der Waals surface area contributed by atoms with E-state index in [2.05, 4.69) is 28.1 Å². The van der Waals surface area contributed by atoms with Crippen LogP contribution in [0.3, 0.4) is 0 Å². The van der Waals surface area contributed by atoms with Gasteiger partial charge in [-0.25, -0.2) is 4.98 Å². The van der Waals surface area contributed by atoms with Crippen LogP contribution in [0.2, 0.25) is 0 Å². The summed E-state index contributed by atoms with van der Waals surface area (Å²) in [5.41, 5.74) is 1.45. The fraction of sp³-hybridized carbons (Fsp3) is 0.786. The zero-order chi connectivity index (χ0) is 11.7. The van der Waals surface area contributed by atoms with Gasteiger partial charge in [0.15, 0.2) is 0 Å². The average molecular weight is 233 g/mol. The number of nitrogens with zero attached hydrogens (tertiary/aromatic N) is 2. The number of hydrogen-bond donors (Lipinski definition) is 1. The van der Waals surface area contributed by atoms with Gasteiger partial charge in [-0.15, -0.1) is 0 Å². The Morgan fingerprint density at radius 1 is 1.29 bits per heavy atom. The van der Waals surface area contributed by atoms with Gasteiger partial charge in [0.1, 0.15) is 0 Å². The van der Waals surface area contributed by atoms with Gasteiger partial charge in [0.05, 0.1) is 6.33 Å². The lowest BCUT2D eigenvalue weighted by Crippen LogP contribution is -2.39. The van der Waals surface area contributed by atoms with Gasteiger partial charge in [0.2, 0.25) is 0 Å². The molecule has 94 valence electrons. The maximum Gasteiger partial charge on any atom is 0.0945 e. The highest BCUT2D eigenvalue weighted by molar-refractivity contribution is 5.10. The predicted octanol–water partition coefficient (Wildman–Crippen LogP) is 2.30. The number of aromatic nitrogens is 2. The van der Waals surface area contributed by atoms with Crippen molar-refractivity contribution >= 4 is 0 Å². The highest BCUT2D eigenvalue weighted by Gasteiger charge is 2.35. The molecule has 0 bridgehead atoms. The lowest BCUT2D eigenvalue weighted by Gasteiger charge is -2.36. The fourth-order valence-electron chi connectivity index (χ4n) is 3.86. The van der Waals surface area contributed by atoms with Crippen LogP contribution in [0.1, 0.15) is 43.7 Å². The van der Waals surface area contributed by atoms with Crippen molar-refractivity contribution in [2.45, 2.75) is 38.0 Å². The second-order valence-corrected chi connectivity index (χ2v) is 5.74. The molecule has 1 saturated heterocycles. The Morgan fingerprint density at radius 2 is 2.12 bits per heavy atom. The van der Waals surface area contributed by atoms with Gasteiger partial charge < -0.3 is 9.88 Å². The molecule has 0 radical (unpaired) electrons. The van der Waals surface area contributed by atoms with Gasteiger partial charge in [0, 0.05) is 24.9 Å². The molecule has 2 atom stereocenters. The number of hydrogen-bond acceptors (Lipinski definition) is 2. The van der Waals surface area contributed by atoms with Crippen molar-refractivity contribution in [3.05, 3.63) is 18.2 Å². The van der Waals surface area contributed by atoms with Crippen molar-refractivity contribution in [3.8, 4) is 0 Å². The van der Waals surface area contributed by atoms with E-state index in [-0.39, 0.29) is 0 Å². The van der Waals surface area contributed by atoms with E-state index in [9.17, 15) is 0 Å². The number of piperidine rings is 1. The smallest absolute Gasteiger partial charge is 0.0945 e. The van der Waals surface area contributed by atoms with Crippen LogP contribution in [-0.4, -0.2) is 22.6 Å². The summed E-state index contributed by atoms with van der Waals surface area (Å²) < 4.78 is 2.22. The Morgan fingerprint density at radius 3 is 2.82 bits per heavy atom. The van der Waals surface area contributed by atoms with Crippen molar-refractivity contribution in [2.75, 3.05) is 13.1 Å². The molecule has 17 heavy (non-hydrogen) atoms. The molecule has 3 rings (SSSR count). The van der Waals surface area contributed by atoms with E-state index in [4.69, 9.17) is 0 Å². The van der Waals surface area contributed by atoms with Crippen molar-refractivity contribution < 1.29 is 0 Å². The largest absolute Gasteiger partial charge is 0.337 e. The summed E-state index contributed by atoms with van der Waals surface area (Å²) in [6.45, 7) is 2.37. The number of aryl methyl sites for hydroxylation is 1. The van der Waals surface area contributed by atoms with E-state index in [1.807, 2.05) is 6.33 Å². The number of rotatable bonds is 2. The molecule has 0 amide bonds. The molecule has 1 aliphatic heterocycles. The Balaban J connectivity index is 1.82. The third-order valence-corrected chi connectivity index (χ3v) is 4.77. The van der Waals surface area contributed by atoms with Crippen molar-refractivity contribution in [3.63, 3.8) is 0 Å². The summed E-state index contributed by atoms with van der Waals surface area (Å²) in [4.78, 5) is 4.30. The van der Waals surface area contributed by atoms with Crippen LogP contribution < -0.4 is 5.32 Å². The molecule has 3 heteroatoms. The minimum Gasteiger partial charge on any atom is -0.337 e. The molecular weight excluding hydrogens is 210 g/mol. The second-order valence-electron chi connectivity index (χ2n) is 5.74. The second kappa shape index (κ2) is 4.81. The first kappa shape index (κ1) is 11.3. The Bertz CT molecular complexity index is 365. The highest BCUT2D eigenvalue weighted by atomic mass is 15.0. The van der Waals surface area contributed by atoms with E-state index < -0.39 is 0 Å². The number of nitrogens with one attached hydrogen (secondary N) is 1. The minimum absolute atomic E-state index is 0.729. The molecule has 2 heterocycles. The van der Waals surface area contributed by atoms with Crippen LogP contribution in [0.25, 0.3) is 0 Å². The molecule has 1 aromatic heterocycles. The Kier molecular flexibility index (Phi) is 3.19. The quantitative estimate of drug-likeness (QED) is 0.849. The summed E-state index contributed by atoms with van der Waals surface area (Å²) in [6, 6.07) is 0. The molecule has 1 aliphatic carbocycles. The molecule has 1 aromatic rings. The molecule has 3 nitrogen and oxygen atoms in total. The van der Waals surface area contributed by atoms with Crippen molar-refractivity contribution in [2.24, 2.45) is 18.9 Å². The van der Waals surface area contributed by atoms with Crippen LogP contribution in [0.4, 0.5) is 0 Å². The monoisotopic (exact) mass is 233 g/mol. The maximum atomic E-state index is 4.30. The molecule has 1 N–H and O–H groups in total. The first-order chi connectivity index (χ1) is 8.36. The normalized spacial score (nSPS) is 30.9. The van der Waals surface area contributed by atoms with Gasteiger partial charge in [-0.05, 0) is 31.3 Å². The summed E-state index contributed by atoms with van der Waals surface area (Å²) in [6.07, 6.45) is 11.1. The summed E-state index contributed by atoms with van der Waals surface area (Å²) in [7, 11) is 2.13. The van der Waals surface area contributed by atoms with Crippen LogP contribution >= 0.6 is 0 Å². The summed E-state index contributed by atoms with van der Waals surface area (Å²) in [5.74, 6) is 2.51. The Labute approximate surface area is 104 Å². The SMILES string of the molecule is Cn1cncc1C1CCNCC1C1CCCC1. The van der Waals surface area contributed by atoms with Crippen LogP contribution in [-0.2, 0) is 7.05 Å². The number of imidazole rings is 1. The van der Waals surface area contributed by atoms with E-state index >= 15 is 0 Å². The molecule has 0 spiro atoms.